The van der Waals surface area contributed by atoms with Crippen LogP contribution in [0.4, 0.5) is 0 Å². The highest BCUT2D eigenvalue weighted by Crippen LogP contribution is 2.33. The van der Waals surface area contributed by atoms with Crippen LogP contribution in [0.1, 0.15) is 38.4 Å². The van der Waals surface area contributed by atoms with Crippen LogP contribution >= 0.6 is 11.3 Å². The molecule has 1 N–H and O–H groups in total. The Balaban J connectivity index is 1.61. The number of rotatable bonds is 5. The number of aromatic nitrogens is 3. The van der Waals surface area contributed by atoms with Crippen LogP contribution < -0.4 is 4.74 Å². The van der Waals surface area contributed by atoms with Crippen molar-refractivity contribution >= 4 is 17.2 Å². The maximum absolute atomic E-state index is 13.1. The Morgan fingerprint density at radius 2 is 2.29 bits per heavy atom. The van der Waals surface area contributed by atoms with Gasteiger partial charge in [-0.2, -0.15) is 0 Å². The minimum Gasteiger partial charge on any atom is -0.497 e. The number of H-pyrrole nitrogens is 1. The van der Waals surface area contributed by atoms with Gasteiger partial charge in [-0.1, -0.05) is 12.1 Å². The maximum Gasteiger partial charge on any atom is 0.273 e. The number of carbonyl (C=O) groups is 1. The van der Waals surface area contributed by atoms with E-state index in [1.54, 1.807) is 13.4 Å². The van der Waals surface area contributed by atoms with Crippen LogP contribution in [-0.2, 0) is 13.1 Å². The molecule has 2 aromatic heterocycles. The van der Waals surface area contributed by atoms with Gasteiger partial charge in [0.05, 0.1) is 31.4 Å². The molecule has 0 radical (unpaired) electrons. The zero-order valence-corrected chi connectivity index (χ0v) is 17.0. The first kappa shape index (κ1) is 18.6. The number of fused-ring (bicyclic) bond motifs is 1. The summed E-state index contributed by atoms with van der Waals surface area (Å²) in [6.07, 6.45) is 1.70. The number of nitrogens with one attached hydrogen (secondary N) is 1. The Kier molecular flexibility index (Phi) is 5.15. The van der Waals surface area contributed by atoms with Crippen molar-refractivity contribution in [2.75, 3.05) is 27.7 Å². The second-order valence-corrected chi connectivity index (χ2v) is 8.09. The molecule has 1 atom stereocenters. The molecule has 3 aromatic rings. The van der Waals surface area contributed by atoms with E-state index in [1.807, 2.05) is 47.5 Å². The second kappa shape index (κ2) is 7.73. The van der Waals surface area contributed by atoms with Crippen molar-refractivity contribution in [2.24, 2.45) is 0 Å². The van der Waals surface area contributed by atoms with E-state index >= 15 is 0 Å². The summed E-state index contributed by atoms with van der Waals surface area (Å²) in [5.74, 6) is 0.745. The van der Waals surface area contributed by atoms with Gasteiger partial charge in [0.15, 0.2) is 0 Å². The van der Waals surface area contributed by atoms with Gasteiger partial charge >= 0.3 is 0 Å². The van der Waals surface area contributed by atoms with Crippen molar-refractivity contribution < 1.29 is 9.53 Å². The summed E-state index contributed by atoms with van der Waals surface area (Å²) in [5, 5.41) is 2.79. The summed E-state index contributed by atoms with van der Waals surface area (Å²) >= 11 is 1.52. The molecule has 146 valence electrons. The number of nitrogens with zero attached hydrogens (tertiary/aromatic N) is 4. The van der Waals surface area contributed by atoms with Crippen LogP contribution in [0.15, 0.2) is 36.0 Å². The van der Waals surface area contributed by atoms with Crippen molar-refractivity contribution in [3.8, 4) is 5.75 Å². The van der Waals surface area contributed by atoms with E-state index in [1.165, 1.54) is 11.3 Å². The number of thiazole rings is 1. The number of methoxy groups -OCH3 is 1. The van der Waals surface area contributed by atoms with Crippen LogP contribution in [0, 0.1) is 0 Å². The molecule has 0 saturated carbocycles. The molecule has 0 aliphatic carbocycles. The number of imidazole rings is 1. The Morgan fingerprint density at radius 1 is 1.43 bits per heavy atom. The van der Waals surface area contributed by atoms with Crippen LogP contribution in [-0.4, -0.2) is 58.4 Å². The van der Waals surface area contributed by atoms with E-state index in [0.29, 0.717) is 18.8 Å². The standard InChI is InChI=1S/C20H23N5O2S/c1-24(2)10-18-23-17(11-28-18)20(26)25-8-15(19-16(9-25)21-12-22-19)13-5-4-6-14(7-13)27-3/h4-7,11-12,15H,8-10H2,1-3H3,(H,21,22). The van der Waals surface area contributed by atoms with Crippen LogP contribution in [0.2, 0.25) is 0 Å². The molecule has 7 nitrogen and oxygen atoms in total. The Hall–Kier alpha value is -2.71. The van der Waals surface area contributed by atoms with Gasteiger partial charge in [0.25, 0.3) is 5.91 Å². The third kappa shape index (κ3) is 3.65. The number of amides is 1. The van der Waals surface area contributed by atoms with Crippen LogP contribution in [0.25, 0.3) is 0 Å². The van der Waals surface area contributed by atoms with Gasteiger partial charge < -0.3 is 19.5 Å². The average molecular weight is 398 g/mol. The summed E-state index contributed by atoms with van der Waals surface area (Å²) in [6.45, 7) is 1.80. The van der Waals surface area contributed by atoms with E-state index < -0.39 is 0 Å². The van der Waals surface area contributed by atoms with E-state index in [-0.39, 0.29) is 11.8 Å². The number of benzene rings is 1. The molecule has 0 bridgehead atoms. The number of ether oxygens (including phenoxy) is 1. The predicted molar refractivity (Wildman–Crippen MR) is 108 cm³/mol. The Labute approximate surface area is 168 Å². The fraction of sp³-hybridized carbons (Fsp3) is 0.350. The number of carbonyl (C=O) groups excluding carboxylic acids is 1. The van der Waals surface area contributed by atoms with E-state index in [0.717, 1.165) is 34.3 Å². The van der Waals surface area contributed by atoms with Crippen molar-refractivity contribution in [1.82, 2.24) is 24.8 Å². The van der Waals surface area contributed by atoms with Gasteiger partial charge in [0, 0.05) is 24.4 Å². The van der Waals surface area contributed by atoms with Gasteiger partial charge in [-0.25, -0.2) is 9.97 Å². The molecule has 0 spiro atoms. The fourth-order valence-electron chi connectivity index (χ4n) is 3.51. The van der Waals surface area contributed by atoms with Crippen molar-refractivity contribution in [2.45, 2.75) is 19.0 Å². The first-order valence-corrected chi connectivity index (χ1v) is 9.97. The van der Waals surface area contributed by atoms with Gasteiger partial charge in [-0.15, -0.1) is 11.3 Å². The van der Waals surface area contributed by atoms with E-state index in [2.05, 4.69) is 21.0 Å². The molecule has 1 amide bonds. The van der Waals surface area contributed by atoms with Gasteiger partial charge in [-0.05, 0) is 31.8 Å². The highest BCUT2D eigenvalue weighted by atomic mass is 32.1. The topological polar surface area (TPSA) is 74.3 Å². The largest absolute Gasteiger partial charge is 0.497 e. The molecule has 3 heterocycles. The van der Waals surface area contributed by atoms with E-state index in [9.17, 15) is 4.79 Å². The summed E-state index contributed by atoms with van der Waals surface area (Å²) in [6, 6.07) is 7.95. The number of hydrogen-bond donors (Lipinski definition) is 1. The lowest BCUT2D eigenvalue weighted by atomic mass is 9.90. The second-order valence-electron chi connectivity index (χ2n) is 7.15. The molecule has 1 aliphatic heterocycles. The molecule has 1 aliphatic rings. The Morgan fingerprint density at radius 3 is 3.07 bits per heavy atom. The summed E-state index contributed by atoms with van der Waals surface area (Å²) in [7, 11) is 5.64. The lowest BCUT2D eigenvalue weighted by Gasteiger charge is -2.32. The molecule has 28 heavy (non-hydrogen) atoms. The smallest absolute Gasteiger partial charge is 0.273 e. The van der Waals surface area contributed by atoms with Crippen molar-refractivity contribution in [3.05, 3.63) is 63.6 Å². The summed E-state index contributed by atoms with van der Waals surface area (Å²) < 4.78 is 5.37. The molecular weight excluding hydrogens is 374 g/mol. The maximum atomic E-state index is 13.1. The third-order valence-electron chi connectivity index (χ3n) is 4.84. The van der Waals surface area contributed by atoms with Crippen molar-refractivity contribution in [1.29, 1.82) is 0 Å². The minimum atomic E-state index is -0.0468. The summed E-state index contributed by atoms with van der Waals surface area (Å²) in [4.78, 5) is 29.3. The zero-order valence-electron chi connectivity index (χ0n) is 16.2. The molecule has 8 heteroatoms. The molecular formula is C20H23N5O2S. The van der Waals surface area contributed by atoms with Gasteiger partial charge in [0.2, 0.25) is 0 Å². The van der Waals surface area contributed by atoms with Gasteiger partial charge in [-0.3, -0.25) is 4.79 Å². The molecule has 1 aromatic carbocycles. The SMILES string of the molecule is COc1cccc(C2CN(C(=O)c3csc(CN(C)C)n3)Cc3[nH]cnc32)c1. The first-order valence-electron chi connectivity index (χ1n) is 9.09. The lowest BCUT2D eigenvalue weighted by molar-refractivity contribution is 0.0716. The number of hydrogen-bond acceptors (Lipinski definition) is 6. The average Bonchev–Trinajstić information content (AvgIpc) is 3.35. The predicted octanol–water partition coefficient (Wildman–Crippen LogP) is 2.72. The van der Waals surface area contributed by atoms with Crippen LogP contribution in [0.5, 0.6) is 5.75 Å². The molecule has 0 saturated heterocycles. The molecule has 4 rings (SSSR count). The highest BCUT2D eigenvalue weighted by Gasteiger charge is 2.32. The number of aromatic amines is 1. The van der Waals surface area contributed by atoms with Crippen LogP contribution in [0.3, 0.4) is 0 Å². The zero-order chi connectivity index (χ0) is 19.7. The monoisotopic (exact) mass is 397 g/mol. The lowest BCUT2D eigenvalue weighted by Crippen LogP contribution is -2.39. The highest BCUT2D eigenvalue weighted by molar-refractivity contribution is 7.09. The molecule has 0 fully saturated rings. The first-order chi connectivity index (χ1) is 13.5. The fourth-order valence-corrected chi connectivity index (χ4v) is 4.40. The normalized spacial score (nSPS) is 16.3. The third-order valence-corrected chi connectivity index (χ3v) is 5.67. The summed E-state index contributed by atoms with van der Waals surface area (Å²) in [5.41, 5.74) is 3.55. The quantitative estimate of drug-likeness (QED) is 0.717. The van der Waals surface area contributed by atoms with E-state index in [4.69, 9.17) is 4.74 Å². The van der Waals surface area contributed by atoms with Crippen molar-refractivity contribution in [3.63, 3.8) is 0 Å². The van der Waals surface area contributed by atoms with Gasteiger partial charge in [0.1, 0.15) is 16.5 Å². The molecule has 1 unspecified atom stereocenters. The minimum absolute atomic E-state index is 0.00562. The Bertz CT molecular complexity index is 980.